The molecular formula is C54H53Cl5N14O11S2. The first-order valence-electron chi connectivity index (χ1n) is 25.7. The van der Waals surface area contributed by atoms with E-state index < -0.39 is 85.3 Å². The van der Waals surface area contributed by atoms with Crippen LogP contribution in [-0.2, 0) is 72.7 Å². The number of nitrogens with zero attached hydrogens (tertiary/aromatic N) is 10. The number of sulfonamides is 2. The lowest BCUT2D eigenvalue weighted by molar-refractivity contribution is -0.140. The van der Waals surface area contributed by atoms with Crippen LogP contribution in [0, 0.1) is 22.7 Å². The lowest BCUT2D eigenvalue weighted by Gasteiger charge is -2.29. The van der Waals surface area contributed by atoms with Gasteiger partial charge in [-0.05, 0) is 111 Å². The van der Waals surface area contributed by atoms with Gasteiger partial charge in [-0.3, -0.25) is 37.9 Å². The van der Waals surface area contributed by atoms with Crippen molar-refractivity contribution in [1.82, 2.24) is 33.0 Å². The zero-order valence-corrected chi connectivity index (χ0v) is 50.9. The van der Waals surface area contributed by atoms with Crippen molar-refractivity contribution >= 4 is 138 Å². The molecule has 2 fully saturated rings. The minimum Gasteiger partial charge on any atom is -0.480 e. The molecule has 0 spiro atoms. The number of nitriles is 2. The van der Waals surface area contributed by atoms with Gasteiger partial charge in [-0.2, -0.15) is 19.1 Å². The fourth-order valence-electron chi connectivity index (χ4n) is 10.5. The van der Waals surface area contributed by atoms with Crippen LogP contribution in [0.3, 0.4) is 0 Å². The molecule has 4 atom stereocenters. The van der Waals surface area contributed by atoms with E-state index >= 15 is 0 Å². The van der Waals surface area contributed by atoms with E-state index in [9.17, 15) is 56.0 Å². The molecule has 0 unspecified atom stereocenters. The van der Waals surface area contributed by atoms with Crippen molar-refractivity contribution in [2.75, 3.05) is 36.0 Å². The summed E-state index contributed by atoms with van der Waals surface area (Å²) >= 11 is 24.9. The third-order valence-electron chi connectivity index (χ3n) is 14.4. The smallest absolute Gasteiger partial charge is 0.322 e. The molecule has 32 heteroatoms. The standard InChI is InChI=1S/C27H25Cl2N7O5S.C25H21Cl2N5O5S.C2H6N2O.ClH/c1-27(12-16-4-6-17(13-30)7-5-16)25(39)35(20-10-18(28)9-19(29)11-20)26-33-15-23(36(26)27)42(40,41)34-8-2-3-21(34)24(38)32-14-22(31)37;1-25(12-15-4-6-16(13-28)7-5-15)23(35)31(19-10-17(26)9-18(27)11-19)24-29-14-21(32(24)25)38(36,37)30-8-2-3-20(30)22(33)34;3-1-2(4)5;/h4-7,9-11,15,21H,2-3,8,12,14H2,1H3,(H2,31,37)(H,32,38);4-7,9-11,14,20H,2-3,8,12H2,1H3,(H,33,34);1,3H2,(H2,4,5);1H/t21-,27+;20-,25+;;/m00../s1. The van der Waals surface area contributed by atoms with Crippen molar-refractivity contribution in [2.45, 2.75) is 85.6 Å². The minimum absolute atomic E-state index is 0. The number of fused-ring (bicyclic) bond motifs is 2. The van der Waals surface area contributed by atoms with Crippen molar-refractivity contribution in [1.29, 1.82) is 10.5 Å². The van der Waals surface area contributed by atoms with E-state index in [1.165, 1.54) is 55.3 Å². The zero-order chi connectivity index (χ0) is 62.1. The van der Waals surface area contributed by atoms with E-state index in [4.69, 9.17) is 63.1 Å². The van der Waals surface area contributed by atoms with Crippen LogP contribution in [0.15, 0.2) is 107 Å². The summed E-state index contributed by atoms with van der Waals surface area (Å²) in [4.78, 5) is 84.8. The van der Waals surface area contributed by atoms with Gasteiger partial charge in [0, 0.05) is 46.0 Å². The van der Waals surface area contributed by atoms with Crippen LogP contribution in [0.1, 0.15) is 61.8 Å². The number of carbonyl (C=O) groups is 6. The topological polar surface area (TPSA) is 377 Å². The summed E-state index contributed by atoms with van der Waals surface area (Å²) in [6.45, 7) is 2.80. The molecule has 25 nitrogen and oxygen atoms in total. The van der Waals surface area contributed by atoms with Gasteiger partial charge in [0.05, 0.1) is 60.1 Å². The quantitative estimate of drug-likeness (QED) is 0.0877. The molecule has 4 aromatic carbocycles. The number of benzene rings is 4. The number of halogens is 5. The summed E-state index contributed by atoms with van der Waals surface area (Å²) in [5.41, 5.74) is 14.2. The van der Waals surface area contributed by atoms with Gasteiger partial charge in [0.15, 0.2) is 10.1 Å². The summed E-state index contributed by atoms with van der Waals surface area (Å²) in [6.07, 6.45) is 3.64. The number of nitrogens with one attached hydrogen (secondary N) is 1. The number of hydrogen-bond donors (Lipinski definition) is 5. The molecule has 86 heavy (non-hydrogen) atoms. The molecule has 4 aliphatic rings. The van der Waals surface area contributed by atoms with Crippen molar-refractivity contribution in [3.8, 4) is 12.1 Å². The Bertz CT molecular complexity index is 3970. The molecule has 2 saturated heterocycles. The van der Waals surface area contributed by atoms with Crippen molar-refractivity contribution in [3.05, 3.63) is 140 Å². The second-order valence-electron chi connectivity index (χ2n) is 20.3. The van der Waals surface area contributed by atoms with E-state index in [1.54, 1.807) is 62.4 Å². The zero-order valence-electron chi connectivity index (χ0n) is 45.4. The molecular weight excluding hydrogens is 1260 g/mol. The Morgan fingerprint density at radius 3 is 1.35 bits per heavy atom. The van der Waals surface area contributed by atoms with E-state index in [1.807, 2.05) is 12.1 Å². The average molecular weight is 1320 g/mol. The number of carboxylic acid groups (broad SMARTS) is 1. The highest BCUT2D eigenvalue weighted by Crippen LogP contribution is 2.47. The Kier molecular flexibility index (Phi) is 20.0. The maximum Gasteiger partial charge on any atom is 0.322 e. The maximum absolute atomic E-state index is 14.2. The van der Waals surface area contributed by atoms with Gasteiger partial charge in [0.1, 0.15) is 23.2 Å². The second kappa shape index (κ2) is 26.1. The van der Waals surface area contributed by atoms with Crippen LogP contribution in [0.5, 0.6) is 0 Å². The van der Waals surface area contributed by atoms with Gasteiger partial charge in [-0.15, -0.1) is 12.4 Å². The van der Waals surface area contributed by atoms with Gasteiger partial charge >= 0.3 is 5.97 Å². The molecule has 0 saturated carbocycles. The largest absolute Gasteiger partial charge is 0.480 e. The second-order valence-corrected chi connectivity index (χ2v) is 25.7. The van der Waals surface area contributed by atoms with Crippen LogP contribution in [0.4, 0.5) is 23.3 Å². The van der Waals surface area contributed by atoms with Crippen LogP contribution < -0.4 is 32.3 Å². The van der Waals surface area contributed by atoms with Crippen LogP contribution >= 0.6 is 58.8 Å². The lowest BCUT2D eigenvalue weighted by Crippen LogP contribution is -2.48. The summed E-state index contributed by atoms with van der Waals surface area (Å²) in [6, 6.07) is 24.1. The first-order chi connectivity index (χ1) is 40.1. The molecule has 6 heterocycles. The molecule has 0 bridgehead atoms. The Labute approximate surface area is 519 Å². The van der Waals surface area contributed by atoms with Crippen LogP contribution in [0.25, 0.3) is 0 Å². The van der Waals surface area contributed by atoms with Gasteiger partial charge in [0.25, 0.3) is 31.9 Å². The highest BCUT2D eigenvalue weighted by molar-refractivity contribution is 7.89. The number of rotatable bonds is 15. The molecule has 452 valence electrons. The van der Waals surface area contributed by atoms with E-state index in [2.05, 4.69) is 21.0 Å². The monoisotopic (exact) mass is 1310 g/mol. The molecule has 5 amide bonds. The molecule has 2 aromatic heterocycles. The highest BCUT2D eigenvalue weighted by atomic mass is 35.5. The number of aromatic nitrogens is 4. The SMILES string of the molecule is C[C@@]1(Cc2ccc(C#N)cc2)C(=O)N(c2cc(Cl)cc(Cl)c2)c2ncc(S(=O)(=O)N3CCC[C@H]3C(=O)NCC(N)=O)n21.C[C@@]1(Cc2ccc(C#N)cc2)C(=O)N(c2cc(Cl)cc(Cl)c2)c2ncc(S(=O)(=O)N3CCC[C@H]3C(=O)O)n21.Cl.NCC(N)=O. The number of nitrogens with two attached hydrogens (primary N) is 3. The third kappa shape index (κ3) is 12.9. The van der Waals surface area contributed by atoms with Crippen LogP contribution in [-0.4, -0.2) is 123 Å². The van der Waals surface area contributed by atoms with Gasteiger partial charge < -0.3 is 27.6 Å². The van der Waals surface area contributed by atoms with Crippen molar-refractivity contribution in [2.24, 2.45) is 17.2 Å². The third-order valence-corrected chi connectivity index (χ3v) is 19.0. The lowest BCUT2D eigenvalue weighted by atomic mass is 9.91. The van der Waals surface area contributed by atoms with Crippen LogP contribution in [0.2, 0.25) is 20.1 Å². The Morgan fingerprint density at radius 2 is 1.01 bits per heavy atom. The highest BCUT2D eigenvalue weighted by Gasteiger charge is 2.55. The predicted molar refractivity (Wildman–Crippen MR) is 318 cm³/mol. The molecule has 10 rings (SSSR count). The fourth-order valence-corrected chi connectivity index (χ4v) is 15.2. The Balaban J connectivity index is 0.000000227. The molecule has 0 aliphatic carbocycles. The number of carbonyl (C=O) groups excluding carboxylic acids is 5. The summed E-state index contributed by atoms with van der Waals surface area (Å²) in [5, 5.41) is 30.8. The average Bonchev–Trinajstić information content (AvgIpc) is 1.56. The molecule has 8 N–H and O–H groups in total. The number of amides is 5. The first-order valence-corrected chi connectivity index (χ1v) is 30.1. The van der Waals surface area contributed by atoms with Crippen molar-refractivity contribution < 1.29 is 50.7 Å². The first kappa shape index (κ1) is 65.9. The Morgan fingerprint density at radius 1 is 0.651 bits per heavy atom. The summed E-state index contributed by atoms with van der Waals surface area (Å²) in [7, 11) is -8.75. The predicted octanol–water partition coefficient (Wildman–Crippen LogP) is 5.24. The van der Waals surface area contributed by atoms with E-state index in [0.29, 0.717) is 46.5 Å². The number of carboxylic acids is 1. The minimum atomic E-state index is -4.39. The van der Waals surface area contributed by atoms with Gasteiger partial charge in [0.2, 0.25) is 29.6 Å². The van der Waals surface area contributed by atoms with E-state index in [0.717, 1.165) is 21.0 Å². The van der Waals surface area contributed by atoms with E-state index in [-0.39, 0.29) is 99.8 Å². The normalized spacial score (nSPS) is 19.9. The summed E-state index contributed by atoms with van der Waals surface area (Å²) in [5.74, 6) is -4.01. The maximum atomic E-state index is 14.2. The summed E-state index contributed by atoms with van der Waals surface area (Å²) < 4.78 is 60.7. The molecule has 4 aliphatic heterocycles. The van der Waals surface area contributed by atoms with Gasteiger partial charge in [-0.1, -0.05) is 70.7 Å². The number of aliphatic carboxylic acids is 1. The Hall–Kier alpha value is -7.67. The van der Waals surface area contributed by atoms with Crippen molar-refractivity contribution in [3.63, 3.8) is 0 Å². The number of anilines is 4. The molecule has 6 aromatic rings. The molecule has 0 radical (unpaired) electrons. The number of hydrogen-bond acceptors (Lipinski definition) is 15. The number of primary amides is 2. The number of imidazole rings is 2. The van der Waals surface area contributed by atoms with Gasteiger partial charge in [-0.25, -0.2) is 36.6 Å². The fraction of sp³-hybridized carbons (Fsp3) is 0.296.